The van der Waals surface area contributed by atoms with Gasteiger partial charge in [0, 0.05) is 11.6 Å². The molecule has 1 aliphatic heterocycles. The Morgan fingerprint density at radius 3 is 2.64 bits per heavy atom. The molecule has 1 fully saturated rings. The maximum atomic E-state index is 14.2. The first-order valence-corrected chi connectivity index (χ1v) is 10.6. The standard InChI is InChI=1S/C21H10BrClFN3O5S/c22-18-13(23)7-10(8-16(18)27(30)31)17-6-5-11(32-17)9-12-19(28)25-21(33)26(20(12)29)15-4-2-1-3-14(15)24/h1-9H,(H,25,28,33)/b12-9+. The Hall–Kier alpha value is -3.41. The SMILES string of the molecule is O=C1NC(=S)N(c2ccccc2F)C(=O)/C1=C/c1ccc(-c2cc(Cl)c(Br)c([N+](=O)[O-])c2)o1. The third-order valence-corrected chi connectivity index (χ3v) is 6.24. The van der Waals surface area contributed by atoms with Crippen LogP contribution >= 0.6 is 39.7 Å². The molecule has 0 saturated carbocycles. The van der Waals surface area contributed by atoms with Gasteiger partial charge in [-0.25, -0.2) is 9.29 Å². The summed E-state index contributed by atoms with van der Waals surface area (Å²) in [5.74, 6) is -2.00. The highest BCUT2D eigenvalue weighted by Gasteiger charge is 2.36. The molecule has 0 bridgehead atoms. The van der Waals surface area contributed by atoms with Crippen molar-refractivity contribution in [2.45, 2.75) is 0 Å². The van der Waals surface area contributed by atoms with Gasteiger partial charge in [0.1, 0.15) is 27.4 Å². The normalized spacial score (nSPS) is 15.2. The second kappa shape index (κ2) is 8.85. The Bertz CT molecular complexity index is 1390. The van der Waals surface area contributed by atoms with Gasteiger partial charge in [0.25, 0.3) is 17.5 Å². The Balaban J connectivity index is 1.71. The van der Waals surface area contributed by atoms with Crippen molar-refractivity contribution in [2.75, 3.05) is 4.90 Å². The number of rotatable bonds is 4. The number of benzene rings is 2. The number of amides is 2. The first-order valence-electron chi connectivity index (χ1n) is 9.07. The van der Waals surface area contributed by atoms with Gasteiger partial charge in [-0.2, -0.15) is 0 Å². The van der Waals surface area contributed by atoms with Crippen LogP contribution in [0, 0.1) is 15.9 Å². The average Bonchev–Trinajstić information content (AvgIpc) is 3.22. The average molecular weight is 551 g/mol. The molecule has 4 rings (SSSR count). The fourth-order valence-corrected chi connectivity index (χ4v) is 3.95. The number of hydrogen-bond donors (Lipinski definition) is 1. The summed E-state index contributed by atoms with van der Waals surface area (Å²) >= 11 is 14.2. The zero-order chi connectivity index (χ0) is 23.9. The lowest BCUT2D eigenvalue weighted by molar-refractivity contribution is -0.385. The van der Waals surface area contributed by atoms with Crippen molar-refractivity contribution >= 4 is 74.1 Å². The molecule has 1 N–H and O–H groups in total. The number of nitrogens with zero attached hydrogens (tertiary/aromatic N) is 2. The lowest BCUT2D eigenvalue weighted by Gasteiger charge is -2.28. The van der Waals surface area contributed by atoms with Crippen LogP contribution in [0.4, 0.5) is 15.8 Å². The van der Waals surface area contributed by atoms with Gasteiger partial charge in [-0.1, -0.05) is 23.7 Å². The highest BCUT2D eigenvalue weighted by molar-refractivity contribution is 9.10. The Morgan fingerprint density at radius 1 is 1.21 bits per heavy atom. The van der Waals surface area contributed by atoms with E-state index in [2.05, 4.69) is 21.2 Å². The highest BCUT2D eigenvalue weighted by atomic mass is 79.9. The van der Waals surface area contributed by atoms with E-state index in [0.717, 1.165) is 11.0 Å². The van der Waals surface area contributed by atoms with Crippen molar-refractivity contribution in [2.24, 2.45) is 0 Å². The van der Waals surface area contributed by atoms with E-state index >= 15 is 0 Å². The van der Waals surface area contributed by atoms with E-state index in [1.807, 2.05) is 0 Å². The molecule has 0 radical (unpaired) electrons. The number of halogens is 3. The van der Waals surface area contributed by atoms with Gasteiger partial charge in [-0.15, -0.1) is 0 Å². The number of thiocarbonyl (C=S) groups is 1. The van der Waals surface area contributed by atoms with Gasteiger partial charge in [-0.05, 0) is 64.6 Å². The van der Waals surface area contributed by atoms with E-state index in [1.165, 1.54) is 48.5 Å². The molecule has 0 atom stereocenters. The van der Waals surface area contributed by atoms with Crippen LogP contribution in [-0.4, -0.2) is 21.9 Å². The summed E-state index contributed by atoms with van der Waals surface area (Å²) in [4.78, 5) is 36.9. The third kappa shape index (κ3) is 4.30. The topological polar surface area (TPSA) is 106 Å². The number of nitro benzene ring substituents is 1. The van der Waals surface area contributed by atoms with Crippen molar-refractivity contribution in [1.82, 2.24) is 5.32 Å². The summed E-state index contributed by atoms with van der Waals surface area (Å²) in [7, 11) is 0. The quantitative estimate of drug-likeness (QED) is 0.157. The summed E-state index contributed by atoms with van der Waals surface area (Å²) in [6.07, 6.45) is 1.17. The molecule has 0 unspecified atom stereocenters. The summed E-state index contributed by atoms with van der Waals surface area (Å²) < 4.78 is 20.0. The van der Waals surface area contributed by atoms with Crippen molar-refractivity contribution in [3.05, 3.63) is 85.3 Å². The number of nitro groups is 1. The van der Waals surface area contributed by atoms with Crippen LogP contribution in [0.2, 0.25) is 5.02 Å². The van der Waals surface area contributed by atoms with Gasteiger partial charge in [0.2, 0.25) is 0 Å². The lowest BCUT2D eigenvalue weighted by Crippen LogP contribution is -2.54. The van der Waals surface area contributed by atoms with Gasteiger partial charge >= 0.3 is 0 Å². The fraction of sp³-hybridized carbons (Fsp3) is 0. The molecule has 2 aromatic carbocycles. The Kier molecular flexibility index (Phi) is 6.11. The number of nitrogens with one attached hydrogen (secondary N) is 1. The minimum atomic E-state index is -0.839. The number of carbonyl (C=O) groups excluding carboxylic acids is 2. The van der Waals surface area contributed by atoms with Crippen molar-refractivity contribution in [1.29, 1.82) is 0 Å². The van der Waals surface area contributed by atoms with E-state index in [0.29, 0.717) is 5.56 Å². The van der Waals surface area contributed by atoms with Gasteiger partial charge in [-0.3, -0.25) is 25.0 Å². The summed E-state index contributed by atoms with van der Waals surface area (Å²) in [5, 5.41) is 13.4. The summed E-state index contributed by atoms with van der Waals surface area (Å²) in [5.41, 5.74) is -0.402. The molecule has 2 amide bonds. The minimum absolute atomic E-state index is 0.103. The summed E-state index contributed by atoms with van der Waals surface area (Å²) in [6.45, 7) is 0. The zero-order valence-electron chi connectivity index (χ0n) is 16.2. The first kappa shape index (κ1) is 22.8. The number of anilines is 1. The predicted molar refractivity (Wildman–Crippen MR) is 126 cm³/mol. The molecule has 2 heterocycles. The van der Waals surface area contributed by atoms with Gasteiger partial charge in [0.15, 0.2) is 5.11 Å². The van der Waals surface area contributed by atoms with Gasteiger partial charge in [0.05, 0.1) is 15.6 Å². The van der Waals surface area contributed by atoms with E-state index in [1.54, 1.807) is 0 Å². The van der Waals surface area contributed by atoms with Crippen LogP contribution < -0.4 is 10.2 Å². The van der Waals surface area contributed by atoms with E-state index < -0.39 is 22.6 Å². The maximum absolute atomic E-state index is 14.2. The van der Waals surface area contributed by atoms with Crippen LogP contribution in [0.3, 0.4) is 0 Å². The lowest BCUT2D eigenvalue weighted by atomic mass is 10.1. The largest absolute Gasteiger partial charge is 0.457 e. The van der Waals surface area contributed by atoms with Crippen molar-refractivity contribution < 1.29 is 23.3 Å². The number of carbonyl (C=O) groups is 2. The smallest absolute Gasteiger partial charge is 0.285 e. The fourth-order valence-electron chi connectivity index (χ4n) is 3.09. The van der Waals surface area contributed by atoms with Crippen LogP contribution in [0.25, 0.3) is 17.4 Å². The zero-order valence-corrected chi connectivity index (χ0v) is 19.3. The number of para-hydroxylation sites is 1. The predicted octanol–water partition coefficient (Wildman–Crippen LogP) is 5.24. The first-order chi connectivity index (χ1) is 15.7. The molecule has 33 heavy (non-hydrogen) atoms. The monoisotopic (exact) mass is 549 g/mol. The number of furan rings is 1. The van der Waals surface area contributed by atoms with E-state index in [-0.39, 0.29) is 43.1 Å². The molecular formula is C21H10BrClFN3O5S. The molecule has 166 valence electrons. The Morgan fingerprint density at radius 2 is 1.94 bits per heavy atom. The van der Waals surface area contributed by atoms with Crippen LogP contribution in [-0.2, 0) is 9.59 Å². The van der Waals surface area contributed by atoms with Crippen molar-refractivity contribution in [3.63, 3.8) is 0 Å². The van der Waals surface area contributed by atoms with Crippen LogP contribution in [0.15, 0.2) is 63.0 Å². The highest BCUT2D eigenvalue weighted by Crippen LogP contribution is 2.37. The maximum Gasteiger partial charge on any atom is 0.285 e. The molecule has 1 aromatic heterocycles. The molecule has 1 saturated heterocycles. The Labute approximate surface area is 203 Å². The third-order valence-electron chi connectivity index (χ3n) is 4.60. The number of hydrogen-bond acceptors (Lipinski definition) is 6. The van der Waals surface area contributed by atoms with E-state index in [4.69, 9.17) is 28.2 Å². The van der Waals surface area contributed by atoms with Crippen LogP contribution in [0.1, 0.15) is 5.76 Å². The van der Waals surface area contributed by atoms with E-state index in [9.17, 15) is 24.1 Å². The van der Waals surface area contributed by atoms with Crippen LogP contribution in [0.5, 0.6) is 0 Å². The van der Waals surface area contributed by atoms with Crippen molar-refractivity contribution in [3.8, 4) is 11.3 Å². The molecule has 1 aliphatic rings. The molecule has 0 aliphatic carbocycles. The second-order valence-electron chi connectivity index (χ2n) is 6.66. The molecule has 8 nitrogen and oxygen atoms in total. The molecule has 12 heteroatoms. The summed E-state index contributed by atoms with van der Waals surface area (Å²) in [6, 6.07) is 11.2. The molecule has 3 aromatic rings. The molecular weight excluding hydrogens is 541 g/mol. The minimum Gasteiger partial charge on any atom is -0.457 e. The molecule has 0 spiro atoms. The second-order valence-corrected chi connectivity index (χ2v) is 8.25. The van der Waals surface area contributed by atoms with Gasteiger partial charge < -0.3 is 4.42 Å².